The zero-order valence-electron chi connectivity index (χ0n) is 16.9. The Labute approximate surface area is 184 Å². The second-order valence-electron chi connectivity index (χ2n) is 6.49. The van der Waals surface area contributed by atoms with Crippen molar-refractivity contribution in [1.82, 2.24) is 5.32 Å². The highest BCUT2D eigenvalue weighted by Crippen LogP contribution is 2.15. The number of hydrogen-bond donors (Lipinski definition) is 2. The molecule has 7 nitrogen and oxygen atoms in total. The number of benzene rings is 2. The average molecular weight is 439 g/mol. The maximum atomic E-state index is 12.3. The molecule has 0 saturated heterocycles. The summed E-state index contributed by atoms with van der Waals surface area (Å²) in [5.74, 6) is -0.0263. The zero-order chi connectivity index (χ0) is 22.1. The van der Waals surface area contributed by atoms with Crippen LogP contribution in [0.1, 0.15) is 27.7 Å². The van der Waals surface area contributed by atoms with Gasteiger partial charge < -0.3 is 20.1 Å². The summed E-state index contributed by atoms with van der Waals surface area (Å²) in [6.07, 6.45) is -0.440. The molecule has 8 heteroatoms. The van der Waals surface area contributed by atoms with Crippen LogP contribution in [0.5, 0.6) is 5.75 Å². The van der Waals surface area contributed by atoms with E-state index in [9.17, 15) is 14.4 Å². The van der Waals surface area contributed by atoms with Gasteiger partial charge in [-0.1, -0.05) is 18.2 Å². The standard InChI is InChI=1S/C23H22N2O5S/c1-2-29-23(28)30-19-11-7-17(8-12-19)22(27)24-15-16-5-9-18(10-6-16)25-21(26)14-20-4-3-13-31-20/h3-13H,2,14-15H2,1H3,(H,24,27)(H,25,26). The van der Waals surface area contributed by atoms with Gasteiger partial charge in [0, 0.05) is 22.7 Å². The maximum absolute atomic E-state index is 12.3. The lowest BCUT2D eigenvalue weighted by atomic mass is 10.1. The first-order valence-electron chi connectivity index (χ1n) is 9.67. The summed E-state index contributed by atoms with van der Waals surface area (Å²) in [5, 5.41) is 7.63. The second-order valence-corrected chi connectivity index (χ2v) is 7.53. The van der Waals surface area contributed by atoms with Crippen LogP contribution < -0.4 is 15.4 Å². The minimum absolute atomic E-state index is 0.0705. The Kier molecular flexibility index (Phi) is 7.78. The highest BCUT2D eigenvalue weighted by atomic mass is 32.1. The van der Waals surface area contributed by atoms with Crippen molar-refractivity contribution < 1.29 is 23.9 Å². The topological polar surface area (TPSA) is 93.7 Å². The van der Waals surface area contributed by atoms with Crippen LogP contribution in [-0.4, -0.2) is 24.6 Å². The smallest absolute Gasteiger partial charge is 0.434 e. The van der Waals surface area contributed by atoms with Gasteiger partial charge in [0.15, 0.2) is 0 Å². The molecule has 1 heterocycles. The van der Waals surface area contributed by atoms with Gasteiger partial charge >= 0.3 is 6.16 Å². The van der Waals surface area contributed by atoms with E-state index < -0.39 is 6.16 Å². The molecule has 1 aromatic heterocycles. The summed E-state index contributed by atoms with van der Waals surface area (Å²) < 4.78 is 9.66. The van der Waals surface area contributed by atoms with Crippen LogP contribution in [-0.2, 0) is 22.5 Å². The highest BCUT2D eigenvalue weighted by molar-refractivity contribution is 7.10. The van der Waals surface area contributed by atoms with E-state index in [-0.39, 0.29) is 18.4 Å². The molecule has 2 N–H and O–H groups in total. The first kappa shape index (κ1) is 22.0. The fourth-order valence-electron chi connectivity index (χ4n) is 2.68. The minimum Gasteiger partial charge on any atom is -0.434 e. The van der Waals surface area contributed by atoms with Crippen molar-refractivity contribution in [3.8, 4) is 5.75 Å². The molecule has 0 atom stereocenters. The Morgan fingerprint density at radius 1 is 0.968 bits per heavy atom. The number of carbonyl (C=O) groups excluding carboxylic acids is 3. The number of carbonyl (C=O) groups is 3. The summed E-state index contributed by atoms with van der Waals surface area (Å²) in [6.45, 7) is 2.25. The van der Waals surface area contributed by atoms with Gasteiger partial charge in [-0.05, 0) is 60.3 Å². The zero-order valence-corrected chi connectivity index (χ0v) is 17.7. The van der Waals surface area contributed by atoms with Crippen LogP contribution in [0.2, 0.25) is 0 Å². The Morgan fingerprint density at radius 3 is 2.35 bits per heavy atom. The molecule has 2 aromatic carbocycles. The van der Waals surface area contributed by atoms with Crippen molar-refractivity contribution in [2.75, 3.05) is 11.9 Å². The fraction of sp³-hybridized carbons (Fsp3) is 0.174. The van der Waals surface area contributed by atoms with Crippen molar-refractivity contribution in [3.05, 3.63) is 82.0 Å². The molecule has 0 fully saturated rings. The molecule has 2 amide bonds. The van der Waals surface area contributed by atoms with Gasteiger partial charge in [-0.2, -0.15) is 0 Å². The molecule has 0 aliphatic heterocycles. The largest absolute Gasteiger partial charge is 0.513 e. The molecule has 0 radical (unpaired) electrons. The van der Waals surface area contributed by atoms with Crippen LogP contribution in [0.3, 0.4) is 0 Å². The van der Waals surface area contributed by atoms with E-state index in [1.165, 1.54) is 12.1 Å². The molecule has 3 rings (SSSR count). The summed E-state index contributed by atoms with van der Waals surface area (Å²) in [4.78, 5) is 36.7. The first-order chi connectivity index (χ1) is 15.0. The van der Waals surface area contributed by atoms with E-state index in [0.29, 0.717) is 30.0 Å². The summed E-state index contributed by atoms with van der Waals surface area (Å²) in [7, 11) is 0. The van der Waals surface area contributed by atoms with Crippen molar-refractivity contribution in [2.24, 2.45) is 0 Å². The molecule has 0 spiro atoms. The lowest BCUT2D eigenvalue weighted by Crippen LogP contribution is -2.22. The van der Waals surface area contributed by atoms with Gasteiger partial charge in [0.2, 0.25) is 5.91 Å². The number of rotatable bonds is 8. The molecule has 0 aliphatic carbocycles. The van der Waals surface area contributed by atoms with E-state index in [1.54, 1.807) is 42.5 Å². The molecule has 0 saturated carbocycles. The Balaban J connectivity index is 1.46. The Hall–Kier alpha value is -3.65. The second kappa shape index (κ2) is 10.9. The quantitative estimate of drug-likeness (QED) is 0.402. The lowest BCUT2D eigenvalue weighted by molar-refractivity contribution is -0.115. The van der Waals surface area contributed by atoms with E-state index in [2.05, 4.69) is 10.6 Å². The van der Waals surface area contributed by atoms with Gasteiger partial charge in [-0.3, -0.25) is 9.59 Å². The summed E-state index contributed by atoms with van der Waals surface area (Å²) >= 11 is 1.55. The lowest BCUT2D eigenvalue weighted by Gasteiger charge is -2.08. The maximum Gasteiger partial charge on any atom is 0.513 e. The molecule has 0 unspecified atom stereocenters. The highest BCUT2D eigenvalue weighted by Gasteiger charge is 2.09. The third kappa shape index (κ3) is 6.97. The Bertz CT molecular complexity index is 1020. The van der Waals surface area contributed by atoms with Gasteiger partial charge in [0.05, 0.1) is 13.0 Å². The molecule has 3 aromatic rings. The number of ether oxygens (including phenoxy) is 2. The van der Waals surface area contributed by atoms with Crippen LogP contribution >= 0.6 is 11.3 Å². The third-order valence-electron chi connectivity index (χ3n) is 4.19. The van der Waals surface area contributed by atoms with Crippen molar-refractivity contribution in [2.45, 2.75) is 19.9 Å². The first-order valence-corrected chi connectivity index (χ1v) is 10.6. The van der Waals surface area contributed by atoms with E-state index in [0.717, 1.165) is 10.4 Å². The van der Waals surface area contributed by atoms with Crippen molar-refractivity contribution >= 4 is 35.0 Å². The molecule has 0 bridgehead atoms. The molecule has 160 valence electrons. The van der Waals surface area contributed by atoms with Crippen LogP contribution in [0, 0.1) is 0 Å². The van der Waals surface area contributed by atoms with Crippen molar-refractivity contribution in [3.63, 3.8) is 0 Å². The van der Waals surface area contributed by atoms with E-state index in [1.807, 2.05) is 29.6 Å². The summed E-state index contributed by atoms with van der Waals surface area (Å²) in [6, 6.07) is 17.3. The number of anilines is 1. The van der Waals surface area contributed by atoms with Crippen LogP contribution in [0.25, 0.3) is 0 Å². The van der Waals surface area contributed by atoms with Gasteiger partial charge in [0.25, 0.3) is 5.91 Å². The van der Waals surface area contributed by atoms with E-state index >= 15 is 0 Å². The van der Waals surface area contributed by atoms with Gasteiger partial charge in [-0.15, -0.1) is 11.3 Å². The number of amides is 2. The van der Waals surface area contributed by atoms with Crippen molar-refractivity contribution in [1.29, 1.82) is 0 Å². The van der Waals surface area contributed by atoms with Crippen LogP contribution in [0.15, 0.2) is 66.0 Å². The van der Waals surface area contributed by atoms with Gasteiger partial charge in [0.1, 0.15) is 5.75 Å². The SMILES string of the molecule is CCOC(=O)Oc1ccc(C(=O)NCc2ccc(NC(=O)Cc3cccs3)cc2)cc1. The number of hydrogen-bond acceptors (Lipinski definition) is 6. The molecule has 31 heavy (non-hydrogen) atoms. The minimum atomic E-state index is -0.786. The predicted octanol–water partition coefficient (Wildman–Crippen LogP) is 4.39. The third-order valence-corrected chi connectivity index (χ3v) is 5.06. The number of nitrogens with one attached hydrogen (secondary N) is 2. The van der Waals surface area contributed by atoms with Crippen LogP contribution in [0.4, 0.5) is 10.5 Å². The molecular weight excluding hydrogens is 416 g/mol. The predicted molar refractivity (Wildman–Crippen MR) is 118 cm³/mol. The fourth-order valence-corrected chi connectivity index (χ4v) is 3.39. The monoisotopic (exact) mass is 438 g/mol. The molecule has 0 aliphatic rings. The average Bonchev–Trinajstić information content (AvgIpc) is 3.26. The normalized spacial score (nSPS) is 10.2. The molecular formula is C23H22N2O5S. The number of thiophene rings is 1. The Morgan fingerprint density at radius 2 is 1.71 bits per heavy atom. The van der Waals surface area contributed by atoms with Gasteiger partial charge in [-0.25, -0.2) is 4.79 Å². The summed E-state index contributed by atoms with van der Waals surface area (Å²) in [5.41, 5.74) is 2.04. The van der Waals surface area contributed by atoms with E-state index in [4.69, 9.17) is 9.47 Å².